The summed E-state index contributed by atoms with van der Waals surface area (Å²) >= 11 is 1.73. The summed E-state index contributed by atoms with van der Waals surface area (Å²) in [4.78, 5) is 9.97. The van der Waals surface area contributed by atoms with E-state index in [4.69, 9.17) is 10.5 Å². The average molecular weight is 270 g/mol. The van der Waals surface area contributed by atoms with E-state index in [0.29, 0.717) is 19.1 Å². The van der Waals surface area contributed by atoms with Crippen LogP contribution in [0, 0.1) is 13.8 Å². The van der Waals surface area contributed by atoms with Crippen LogP contribution in [0.2, 0.25) is 0 Å². The number of aliphatic imine (C=N–C) groups is 1. The van der Waals surface area contributed by atoms with Gasteiger partial charge in [0.25, 0.3) is 0 Å². The van der Waals surface area contributed by atoms with Crippen LogP contribution in [0.3, 0.4) is 0 Å². The molecule has 1 aromatic rings. The SMILES string of the molecule is COCC(C)NC(N)=NCCc1sc(C)nc1C. The Kier molecular flexibility index (Phi) is 6.07. The minimum absolute atomic E-state index is 0.172. The molecular weight excluding hydrogens is 248 g/mol. The summed E-state index contributed by atoms with van der Waals surface area (Å²) in [6.07, 6.45) is 0.887. The molecule has 0 aromatic carbocycles. The summed E-state index contributed by atoms with van der Waals surface area (Å²) in [7, 11) is 1.67. The van der Waals surface area contributed by atoms with Crippen LogP contribution in [0.4, 0.5) is 0 Å². The number of methoxy groups -OCH3 is 1. The number of guanidine groups is 1. The van der Waals surface area contributed by atoms with Gasteiger partial charge in [0.15, 0.2) is 5.96 Å². The highest BCUT2D eigenvalue weighted by Crippen LogP contribution is 2.17. The molecule has 5 nitrogen and oxygen atoms in total. The maximum absolute atomic E-state index is 5.78. The van der Waals surface area contributed by atoms with Crippen LogP contribution in [0.5, 0.6) is 0 Å². The van der Waals surface area contributed by atoms with Gasteiger partial charge in [-0.05, 0) is 20.8 Å². The van der Waals surface area contributed by atoms with Crippen molar-refractivity contribution in [2.45, 2.75) is 33.2 Å². The van der Waals surface area contributed by atoms with Gasteiger partial charge in [0.05, 0.1) is 17.3 Å². The number of thiazole rings is 1. The van der Waals surface area contributed by atoms with Gasteiger partial charge in [0.1, 0.15) is 0 Å². The highest BCUT2D eigenvalue weighted by Gasteiger charge is 2.04. The van der Waals surface area contributed by atoms with E-state index in [-0.39, 0.29) is 6.04 Å². The van der Waals surface area contributed by atoms with E-state index in [9.17, 15) is 0 Å². The molecule has 0 saturated carbocycles. The second kappa shape index (κ2) is 7.33. The standard InChI is InChI=1S/C12H22N4OS/c1-8(7-17-4)15-12(13)14-6-5-11-9(2)16-10(3)18-11/h8H,5-7H2,1-4H3,(H3,13,14,15). The van der Waals surface area contributed by atoms with Crippen LogP contribution < -0.4 is 11.1 Å². The zero-order valence-electron chi connectivity index (χ0n) is 11.5. The van der Waals surface area contributed by atoms with Crippen LogP contribution in [0.15, 0.2) is 4.99 Å². The second-order valence-corrected chi connectivity index (χ2v) is 5.55. The Balaban J connectivity index is 2.37. The van der Waals surface area contributed by atoms with Gasteiger partial charge in [-0.3, -0.25) is 4.99 Å². The smallest absolute Gasteiger partial charge is 0.188 e. The summed E-state index contributed by atoms with van der Waals surface area (Å²) < 4.78 is 5.02. The fourth-order valence-electron chi connectivity index (χ4n) is 1.67. The zero-order chi connectivity index (χ0) is 13.5. The molecule has 3 N–H and O–H groups in total. The van der Waals surface area contributed by atoms with E-state index in [1.807, 2.05) is 20.8 Å². The fourth-order valence-corrected chi connectivity index (χ4v) is 2.60. The van der Waals surface area contributed by atoms with E-state index < -0.39 is 0 Å². The van der Waals surface area contributed by atoms with E-state index in [1.165, 1.54) is 4.88 Å². The van der Waals surface area contributed by atoms with Crippen molar-refractivity contribution in [1.29, 1.82) is 0 Å². The third-order valence-electron chi connectivity index (χ3n) is 2.43. The van der Waals surface area contributed by atoms with Crippen LogP contribution in [-0.2, 0) is 11.2 Å². The first-order valence-corrected chi connectivity index (χ1v) is 6.83. The molecule has 0 spiro atoms. The minimum atomic E-state index is 0.172. The third kappa shape index (κ3) is 5.01. The molecule has 0 aliphatic heterocycles. The Hall–Kier alpha value is -1.14. The molecule has 0 aliphatic rings. The summed E-state index contributed by atoms with van der Waals surface area (Å²) in [5.74, 6) is 0.471. The van der Waals surface area contributed by atoms with Crippen molar-refractivity contribution in [1.82, 2.24) is 10.3 Å². The molecule has 1 rings (SSSR count). The van der Waals surface area contributed by atoms with E-state index in [1.54, 1.807) is 18.4 Å². The lowest BCUT2D eigenvalue weighted by molar-refractivity contribution is 0.179. The Morgan fingerprint density at radius 1 is 1.56 bits per heavy atom. The lowest BCUT2D eigenvalue weighted by Crippen LogP contribution is -2.40. The first-order chi connectivity index (χ1) is 8.52. The highest BCUT2D eigenvalue weighted by molar-refractivity contribution is 7.11. The molecule has 1 atom stereocenters. The number of nitrogens with zero attached hydrogens (tertiary/aromatic N) is 2. The topological polar surface area (TPSA) is 72.5 Å². The van der Waals surface area contributed by atoms with E-state index in [0.717, 1.165) is 17.1 Å². The number of hydrogen-bond donors (Lipinski definition) is 2. The monoisotopic (exact) mass is 270 g/mol. The Bertz CT molecular complexity index is 403. The molecule has 0 bridgehead atoms. The molecule has 0 aliphatic carbocycles. The predicted octanol–water partition coefficient (Wildman–Crippen LogP) is 1.24. The van der Waals surface area contributed by atoms with Crippen LogP contribution in [-0.4, -0.2) is 37.2 Å². The molecule has 6 heteroatoms. The number of nitrogens with one attached hydrogen (secondary N) is 1. The number of nitrogens with two attached hydrogens (primary N) is 1. The Morgan fingerprint density at radius 2 is 2.28 bits per heavy atom. The summed E-state index contributed by atoms with van der Waals surface area (Å²) in [5.41, 5.74) is 6.89. The minimum Gasteiger partial charge on any atom is -0.383 e. The van der Waals surface area contributed by atoms with Gasteiger partial charge in [-0.25, -0.2) is 4.98 Å². The van der Waals surface area contributed by atoms with Gasteiger partial charge < -0.3 is 15.8 Å². The average Bonchev–Trinajstić information content (AvgIpc) is 2.57. The molecule has 0 fully saturated rings. The van der Waals surface area contributed by atoms with Crippen molar-refractivity contribution in [3.8, 4) is 0 Å². The second-order valence-electron chi connectivity index (χ2n) is 4.26. The number of rotatable bonds is 6. The molecule has 1 heterocycles. The molecule has 0 amide bonds. The molecule has 1 unspecified atom stereocenters. The maximum atomic E-state index is 5.78. The summed E-state index contributed by atoms with van der Waals surface area (Å²) in [6, 6.07) is 0.172. The first kappa shape index (κ1) is 14.9. The van der Waals surface area contributed by atoms with Crippen LogP contribution in [0.25, 0.3) is 0 Å². The van der Waals surface area contributed by atoms with Crippen molar-refractivity contribution in [3.63, 3.8) is 0 Å². The van der Waals surface area contributed by atoms with Gasteiger partial charge in [0, 0.05) is 31.0 Å². The number of hydrogen-bond acceptors (Lipinski definition) is 4. The largest absolute Gasteiger partial charge is 0.383 e. The van der Waals surface area contributed by atoms with Gasteiger partial charge in [-0.2, -0.15) is 0 Å². The Morgan fingerprint density at radius 3 is 2.83 bits per heavy atom. The number of aromatic nitrogens is 1. The quantitative estimate of drug-likeness (QED) is 0.602. The summed E-state index contributed by atoms with van der Waals surface area (Å²) in [5, 5.41) is 4.18. The lowest BCUT2D eigenvalue weighted by atomic mass is 10.3. The molecule has 0 saturated heterocycles. The normalized spacial score (nSPS) is 13.7. The van der Waals surface area contributed by atoms with Gasteiger partial charge >= 0.3 is 0 Å². The highest BCUT2D eigenvalue weighted by atomic mass is 32.1. The molecular formula is C12H22N4OS. The van der Waals surface area contributed by atoms with Gasteiger partial charge in [0.2, 0.25) is 0 Å². The molecule has 1 aromatic heterocycles. The number of aryl methyl sites for hydroxylation is 2. The van der Waals surface area contributed by atoms with E-state index >= 15 is 0 Å². The lowest BCUT2D eigenvalue weighted by Gasteiger charge is -2.12. The van der Waals surface area contributed by atoms with Gasteiger partial charge in [-0.1, -0.05) is 0 Å². The van der Waals surface area contributed by atoms with Gasteiger partial charge in [-0.15, -0.1) is 11.3 Å². The summed E-state index contributed by atoms with van der Waals surface area (Å²) in [6.45, 7) is 7.35. The van der Waals surface area contributed by atoms with Crippen LogP contribution in [0.1, 0.15) is 22.5 Å². The zero-order valence-corrected chi connectivity index (χ0v) is 12.3. The van der Waals surface area contributed by atoms with Crippen molar-refractivity contribution >= 4 is 17.3 Å². The van der Waals surface area contributed by atoms with Crippen LogP contribution >= 0.6 is 11.3 Å². The maximum Gasteiger partial charge on any atom is 0.188 e. The third-order valence-corrected chi connectivity index (χ3v) is 3.56. The Labute approximate surface area is 112 Å². The van der Waals surface area contributed by atoms with Crippen molar-refractivity contribution in [2.75, 3.05) is 20.3 Å². The first-order valence-electron chi connectivity index (χ1n) is 6.01. The molecule has 102 valence electrons. The van der Waals surface area contributed by atoms with Crippen molar-refractivity contribution in [3.05, 3.63) is 15.6 Å². The van der Waals surface area contributed by atoms with Crippen molar-refractivity contribution in [2.24, 2.45) is 10.7 Å². The van der Waals surface area contributed by atoms with Crippen molar-refractivity contribution < 1.29 is 4.74 Å². The molecule has 0 radical (unpaired) electrons. The fraction of sp³-hybridized carbons (Fsp3) is 0.667. The molecule has 18 heavy (non-hydrogen) atoms. The predicted molar refractivity (Wildman–Crippen MR) is 76.3 cm³/mol. The van der Waals surface area contributed by atoms with E-state index in [2.05, 4.69) is 15.3 Å². The number of ether oxygens (including phenoxy) is 1.